The molecule has 1 amide bonds. The summed E-state index contributed by atoms with van der Waals surface area (Å²) >= 11 is 0. The second-order valence-electron chi connectivity index (χ2n) is 6.91. The van der Waals surface area contributed by atoms with E-state index in [1.165, 1.54) is 5.56 Å². The summed E-state index contributed by atoms with van der Waals surface area (Å²) in [5.74, 6) is 0.211. The first-order valence-electron chi connectivity index (χ1n) is 9.37. The summed E-state index contributed by atoms with van der Waals surface area (Å²) in [5.41, 5.74) is 3.84. The van der Waals surface area contributed by atoms with E-state index in [1.807, 2.05) is 26.0 Å². The van der Waals surface area contributed by atoms with Gasteiger partial charge in [0, 0.05) is 18.0 Å². The molecule has 0 aliphatic carbocycles. The van der Waals surface area contributed by atoms with Crippen LogP contribution in [-0.4, -0.2) is 17.4 Å². The van der Waals surface area contributed by atoms with E-state index in [1.54, 1.807) is 0 Å². The number of hydrogen-bond donors (Lipinski definition) is 2. The van der Waals surface area contributed by atoms with Crippen molar-refractivity contribution in [3.63, 3.8) is 0 Å². The predicted molar refractivity (Wildman–Crippen MR) is 104 cm³/mol. The third kappa shape index (κ3) is 4.71. The Balaban J connectivity index is 2.06. The lowest BCUT2D eigenvalue weighted by Gasteiger charge is -2.15. The number of aryl methyl sites for hydroxylation is 2. The van der Waals surface area contributed by atoms with Crippen LogP contribution in [0.5, 0.6) is 0 Å². The van der Waals surface area contributed by atoms with Gasteiger partial charge in [0.05, 0.1) is 5.52 Å². The fourth-order valence-electron chi connectivity index (χ4n) is 3.32. The molecule has 1 aromatic heterocycles. The molecule has 0 fully saturated rings. The number of carbonyl (C=O) groups is 1. The van der Waals surface area contributed by atoms with Crippen LogP contribution in [0, 0.1) is 19.8 Å². The number of aromatic amines is 1. The summed E-state index contributed by atoms with van der Waals surface area (Å²) in [6, 6.07) is 6.05. The van der Waals surface area contributed by atoms with E-state index in [0.29, 0.717) is 13.0 Å². The van der Waals surface area contributed by atoms with Crippen LogP contribution < -0.4 is 10.9 Å². The number of H-pyrrole nitrogens is 1. The molecule has 4 nitrogen and oxygen atoms in total. The van der Waals surface area contributed by atoms with Crippen LogP contribution in [0.1, 0.15) is 56.2 Å². The van der Waals surface area contributed by atoms with Crippen LogP contribution >= 0.6 is 0 Å². The second-order valence-corrected chi connectivity index (χ2v) is 6.91. The van der Waals surface area contributed by atoms with Gasteiger partial charge in [-0.3, -0.25) is 9.59 Å². The van der Waals surface area contributed by atoms with Gasteiger partial charge in [-0.15, -0.1) is 0 Å². The highest BCUT2D eigenvalue weighted by Crippen LogP contribution is 2.19. The van der Waals surface area contributed by atoms with Crippen molar-refractivity contribution in [2.24, 2.45) is 5.92 Å². The summed E-state index contributed by atoms with van der Waals surface area (Å²) in [4.78, 5) is 27.6. The van der Waals surface area contributed by atoms with Gasteiger partial charge in [0.2, 0.25) is 5.91 Å². The van der Waals surface area contributed by atoms with Gasteiger partial charge in [0.1, 0.15) is 0 Å². The zero-order chi connectivity index (χ0) is 18.4. The number of fused-ring (bicyclic) bond motifs is 1. The molecule has 0 aliphatic heterocycles. The lowest BCUT2D eigenvalue weighted by atomic mass is 9.97. The van der Waals surface area contributed by atoms with Crippen LogP contribution in [0.15, 0.2) is 23.0 Å². The molecule has 0 radical (unpaired) electrons. The number of hydrogen-bond acceptors (Lipinski definition) is 2. The SMILES string of the molecule is CCCC(CCC)C(=O)NCCc1cc2ccc(C)c(C)c2[nH]c1=O. The molecular weight excluding hydrogens is 312 g/mol. The Kier molecular flexibility index (Phi) is 6.80. The molecule has 2 rings (SSSR count). The zero-order valence-electron chi connectivity index (χ0n) is 15.9. The molecule has 1 aromatic carbocycles. The van der Waals surface area contributed by atoms with E-state index in [9.17, 15) is 9.59 Å². The number of pyridine rings is 1. The molecule has 1 heterocycles. The van der Waals surface area contributed by atoms with Crippen molar-refractivity contribution >= 4 is 16.8 Å². The first-order chi connectivity index (χ1) is 12.0. The molecule has 0 unspecified atom stereocenters. The second kappa shape index (κ2) is 8.84. The number of carbonyl (C=O) groups excluding carboxylic acids is 1. The van der Waals surface area contributed by atoms with E-state index >= 15 is 0 Å². The third-order valence-corrected chi connectivity index (χ3v) is 4.97. The first-order valence-corrected chi connectivity index (χ1v) is 9.37. The fourth-order valence-corrected chi connectivity index (χ4v) is 3.32. The largest absolute Gasteiger partial charge is 0.356 e. The highest BCUT2D eigenvalue weighted by Gasteiger charge is 2.16. The van der Waals surface area contributed by atoms with E-state index in [-0.39, 0.29) is 17.4 Å². The Hall–Kier alpha value is -2.10. The minimum Gasteiger partial charge on any atom is -0.356 e. The van der Waals surface area contributed by atoms with Crippen LogP contribution in [0.3, 0.4) is 0 Å². The fraction of sp³-hybridized carbons (Fsp3) is 0.524. The molecule has 0 atom stereocenters. The molecule has 0 aliphatic rings. The molecule has 4 heteroatoms. The molecule has 0 saturated carbocycles. The van der Waals surface area contributed by atoms with Gasteiger partial charge in [0.15, 0.2) is 0 Å². The van der Waals surface area contributed by atoms with Gasteiger partial charge < -0.3 is 10.3 Å². The molecule has 0 bridgehead atoms. The van der Waals surface area contributed by atoms with Crippen molar-refractivity contribution in [3.05, 3.63) is 45.2 Å². The number of nitrogens with one attached hydrogen (secondary N) is 2. The number of rotatable bonds is 8. The van der Waals surface area contributed by atoms with Gasteiger partial charge in [0.25, 0.3) is 5.56 Å². The minimum absolute atomic E-state index is 0.0610. The average Bonchev–Trinajstić information content (AvgIpc) is 2.59. The summed E-state index contributed by atoms with van der Waals surface area (Å²) in [5, 5.41) is 4.05. The zero-order valence-corrected chi connectivity index (χ0v) is 15.9. The van der Waals surface area contributed by atoms with Crippen molar-refractivity contribution < 1.29 is 4.79 Å². The molecule has 0 spiro atoms. The van der Waals surface area contributed by atoms with Crippen molar-refractivity contribution in [2.75, 3.05) is 6.54 Å². The summed E-state index contributed by atoms with van der Waals surface area (Å²) in [6.07, 6.45) is 4.43. The van der Waals surface area contributed by atoms with Crippen LogP contribution in [0.4, 0.5) is 0 Å². The summed E-state index contributed by atoms with van der Waals surface area (Å²) in [6.45, 7) is 8.78. The van der Waals surface area contributed by atoms with Crippen molar-refractivity contribution in [1.29, 1.82) is 0 Å². The van der Waals surface area contributed by atoms with Gasteiger partial charge in [-0.2, -0.15) is 0 Å². The van der Waals surface area contributed by atoms with E-state index in [0.717, 1.165) is 47.7 Å². The van der Waals surface area contributed by atoms with Gasteiger partial charge >= 0.3 is 0 Å². The Bertz CT molecular complexity index is 786. The van der Waals surface area contributed by atoms with E-state index in [4.69, 9.17) is 0 Å². The summed E-state index contributed by atoms with van der Waals surface area (Å²) < 4.78 is 0. The van der Waals surface area contributed by atoms with Crippen molar-refractivity contribution in [1.82, 2.24) is 10.3 Å². The Morgan fingerprint density at radius 2 is 1.84 bits per heavy atom. The standard InChI is InChI=1S/C21H30N2O2/c1-5-7-16(8-6-2)20(24)22-12-11-18-13-17-10-9-14(3)15(4)19(17)23-21(18)25/h9-10,13,16H,5-8,11-12H2,1-4H3,(H,22,24)(H,23,25). The highest BCUT2D eigenvalue weighted by atomic mass is 16.2. The van der Waals surface area contributed by atoms with Gasteiger partial charge in [-0.25, -0.2) is 0 Å². The maximum absolute atomic E-state index is 12.3. The number of amides is 1. The van der Waals surface area contributed by atoms with Crippen LogP contribution in [0.25, 0.3) is 10.9 Å². The highest BCUT2D eigenvalue weighted by molar-refractivity contribution is 5.83. The molecule has 25 heavy (non-hydrogen) atoms. The maximum Gasteiger partial charge on any atom is 0.251 e. The normalized spacial score (nSPS) is 11.2. The topological polar surface area (TPSA) is 62.0 Å². The third-order valence-electron chi connectivity index (χ3n) is 4.97. The van der Waals surface area contributed by atoms with E-state index in [2.05, 4.69) is 30.2 Å². The number of aromatic nitrogens is 1. The van der Waals surface area contributed by atoms with Gasteiger partial charge in [-0.05, 0) is 55.7 Å². The molecule has 0 saturated heterocycles. The summed E-state index contributed by atoms with van der Waals surface area (Å²) in [7, 11) is 0. The first kappa shape index (κ1) is 19.2. The van der Waals surface area contributed by atoms with Crippen molar-refractivity contribution in [2.45, 2.75) is 59.8 Å². The Morgan fingerprint density at radius 1 is 1.16 bits per heavy atom. The lowest BCUT2D eigenvalue weighted by Crippen LogP contribution is -2.33. The Labute approximate surface area is 150 Å². The van der Waals surface area contributed by atoms with Crippen LogP contribution in [-0.2, 0) is 11.2 Å². The smallest absolute Gasteiger partial charge is 0.251 e. The molecule has 2 aromatic rings. The van der Waals surface area contributed by atoms with E-state index < -0.39 is 0 Å². The monoisotopic (exact) mass is 342 g/mol. The molecule has 2 N–H and O–H groups in total. The minimum atomic E-state index is -0.0610. The molecule has 136 valence electrons. The van der Waals surface area contributed by atoms with Crippen molar-refractivity contribution in [3.8, 4) is 0 Å². The lowest BCUT2D eigenvalue weighted by molar-refractivity contribution is -0.125. The van der Waals surface area contributed by atoms with Gasteiger partial charge in [-0.1, -0.05) is 38.8 Å². The average molecular weight is 342 g/mol. The Morgan fingerprint density at radius 3 is 2.48 bits per heavy atom. The quantitative estimate of drug-likeness (QED) is 0.761. The predicted octanol–water partition coefficient (Wildman–Crippen LogP) is 4.02. The maximum atomic E-state index is 12.3. The number of benzene rings is 1. The van der Waals surface area contributed by atoms with Crippen LogP contribution in [0.2, 0.25) is 0 Å². The molecular formula is C21H30N2O2.